The molecular formula is C8H13NO2S. The van der Waals surface area contributed by atoms with E-state index in [-0.39, 0.29) is 5.92 Å². The minimum Gasteiger partial charge on any atom is -0.320 e. The van der Waals surface area contributed by atoms with Crippen LogP contribution in [0, 0.1) is 17.8 Å². The van der Waals surface area contributed by atoms with Crippen LogP contribution in [-0.4, -0.2) is 26.5 Å². The quantitative estimate of drug-likeness (QED) is 0.577. The van der Waals surface area contributed by atoms with Gasteiger partial charge in [0.05, 0.1) is 18.1 Å². The highest BCUT2D eigenvalue weighted by Gasteiger charge is 2.26. The Morgan fingerprint density at radius 1 is 1.42 bits per heavy atom. The normalized spacial score (nSPS) is 26.2. The van der Waals surface area contributed by atoms with Crippen LogP contribution < -0.4 is 5.73 Å². The molecule has 1 atom stereocenters. The fourth-order valence-electron chi connectivity index (χ4n) is 1.32. The smallest absolute Gasteiger partial charge is 0.150 e. The maximum atomic E-state index is 11.0. The van der Waals surface area contributed by atoms with Crippen LogP contribution in [-0.2, 0) is 9.84 Å². The monoisotopic (exact) mass is 187 g/mol. The number of rotatable bonds is 1. The molecule has 12 heavy (non-hydrogen) atoms. The van der Waals surface area contributed by atoms with Crippen LogP contribution >= 0.6 is 0 Å². The summed E-state index contributed by atoms with van der Waals surface area (Å²) in [5.41, 5.74) is 5.17. The second-order valence-corrected chi connectivity index (χ2v) is 5.26. The summed E-state index contributed by atoms with van der Waals surface area (Å²) in [5, 5.41) is 0. The van der Waals surface area contributed by atoms with Crippen LogP contribution in [0.3, 0.4) is 0 Å². The van der Waals surface area contributed by atoms with Crippen molar-refractivity contribution in [2.45, 2.75) is 12.8 Å². The molecule has 0 bridgehead atoms. The summed E-state index contributed by atoms with van der Waals surface area (Å²) < 4.78 is 22.0. The van der Waals surface area contributed by atoms with Gasteiger partial charge in [0.15, 0.2) is 9.84 Å². The SMILES string of the molecule is NCC#CCC1CCS(=O)(=O)C1. The third-order valence-electron chi connectivity index (χ3n) is 1.94. The van der Waals surface area contributed by atoms with Crippen LogP contribution in [0.1, 0.15) is 12.8 Å². The third kappa shape index (κ3) is 2.84. The van der Waals surface area contributed by atoms with Gasteiger partial charge in [-0.25, -0.2) is 8.42 Å². The highest BCUT2D eigenvalue weighted by Crippen LogP contribution is 2.20. The zero-order chi connectivity index (χ0) is 9.03. The van der Waals surface area contributed by atoms with E-state index in [1.807, 2.05) is 0 Å². The van der Waals surface area contributed by atoms with Crippen molar-refractivity contribution in [3.05, 3.63) is 0 Å². The Morgan fingerprint density at radius 3 is 2.67 bits per heavy atom. The van der Waals surface area contributed by atoms with Crippen LogP contribution in [0.5, 0.6) is 0 Å². The topological polar surface area (TPSA) is 60.2 Å². The lowest BCUT2D eigenvalue weighted by Crippen LogP contribution is -2.04. The van der Waals surface area contributed by atoms with Gasteiger partial charge in [0.25, 0.3) is 0 Å². The summed E-state index contributed by atoms with van der Waals surface area (Å²) in [6, 6.07) is 0. The molecule has 0 aromatic rings. The molecule has 3 nitrogen and oxygen atoms in total. The molecule has 1 fully saturated rings. The molecule has 0 saturated carbocycles. The van der Waals surface area contributed by atoms with E-state index in [1.54, 1.807) is 0 Å². The number of sulfone groups is 1. The molecular weight excluding hydrogens is 174 g/mol. The lowest BCUT2D eigenvalue weighted by molar-refractivity contribution is 0.593. The Balaban J connectivity index is 2.39. The second-order valence-electron chi connectivity index (χ2n) is 3.03. The summed E-state index contributed by atoms with van der Waals surface area (Å²) in [6.07, 6.45) is 1.44. The molecule has 0 spiro atoms. The van der Waals surface area contributed by atoms with Gasteiger partial charge in [-0.05, 0) is 12.3 Å². The van der Waals surface area contributed by atoms with Crippen molar-refractivity contribution in [2.75, 3.05) is 18.1 Å². The summed E-state index contributed by atoms with van der Waals surface area (Å²) >= 11 is 0. The number of nitrogens with two attached hydrogens (primary N) is 1. The van der Waals surface area contributed by atoms with Gasteiger partial charge in [-0.1, -0.05) is 5.92 Å². The van der Waals surface area contributed by atoms with E-state index in [0.29, 0.717) is 24.5 Å². The van der Waals surface area contributed by atoms with Crippen LogP contribution in [0.15, 0.2) is 0 Å². The van der Waals surface area contributed by atoms with Gasteiger partial charge in [-0.3, -0.25) is 0 Å². The molecule has 0 radical (unpaired) electrons. The predicted octanol–water partition coefficient (Wildman–Crippen LogP) is -0.227. The highest BCUT2D eigenvalue weighted by atomic mass is 32.2. The van der Waals surface area contributed by atoms with E-state index in [4.69, 9.17) is 5.73 Å². The number of hydrogen-bond acceptors (Lipinski definition) is 3. The van der Waals surface area contributed by atoms with E-state index in [2.05, 4.69) is 11.8 Å². The minimum absolute atomic E-state index is 0.244. The van der Waals surface area contributed by atoms with Crippen molar-refractivity contribution in [3.8, 4) is 11.8 Å². The summed E-state index contributed by atoms with van der Waals surface area (Å²) in [5.74, 6) is 6.50. The van der Waals surface area contributed by atoms with Crippen molar-refractivity contribution >= 4 is 9.84 Å². The Hall–Kier alpha value is -0.530. The fraction of sp³-hybridized carbons (Fsp3) is 0.750. The van der Waals surface area contributed by atoms with Crippen molar-refractivity contribution in [1.82, 2.24) is 0 Å². The average molecular weight is 187 g/mol. The highest BCUT2D eigenvalue weighted by molar-refractivity contribution is 7.91. The van der Waals surface area contributed by atoms with Gasteiger partial charge < -0.3 is 5.73 Å². The Kier molecular flexibility index (Phi) is 3.12. The maximum absolute atomic E-state index is 11.0. The van der Waals surface area contributed by atoms with E-state index < -0.39 is 9.84 Å². The van der Waals surface area contributed by atoms with Gasteiger partial charge in [-0.15, -0.1) is 5.92 Å². The summed E-state index contributed by atoms with van der Waals surface area (Å²) in [6.45, 7) is 0.361. The van der Waals surface area contributed by atoms with Gasteiger partial charge in [-0.2, -0.15) is 0 Å². The number of hydrogen-bond donors (Lipinski definition) is 1. The standard InChI is InChI=1S/C8H13NO2S/c9-5-2-1-3-8-4-6-12(10,11)7-8/h8H,3-7,9H2. The first-order chi connectivity index (χ1) is 5.64. The first-order valence-corrected chi connectivity index (χ1v) is 5.82. The van der Waals surface area contributed by atoms with Crippen molar-refractivity contribution in [1.29, 1.82) is 0 Å². The van der Waals surface area contributed by atoms with Gasteiger partial charge in [0, 0.05) is 6.42 Å². The fourth-order valence-corrected chi connectivity index (χ4v) is 3.18. The Bertz CT molecular complexity index is 297. The molecule has 1 saturated heterocycles. The molecule has 1 aliphatic heterocycles. The summed E-state index contributed by atoms with van der Waals surface area (Å²) in [7, 11) is -2.73. The lowest BCUT2D eigenvalue weighted by Gasteiger charge is -1.98. The lowest BCUT2D eigenvalue weighted by atomic mass is 10.1. The van der Waals surface area contributed by atoms with Crippen molar-refractivity contribution in [2.24, 2.45) is 11.7 Å². The Labute approximate surface area is 73.3 Å². The first-order valence-electron chi connectivity index (χ1n) is 4.00. The van der Waals surface area contributed by atoms with Crippen LogP contribution in [0.25, 0.3) is 0 Å². The molecule has 1 unspecified atom stereocenters. The molecule has 0 aliphatic carbocycles. The van der Waals surface area contributed by atoms with E-state index in [9.17, 15) is 8.42 Å². The van der Waals surface area contributed by atoms with E-state index in [1.165, 1.54) is 0 Å². The molecule has 4 heteroatoms. The molecule has 1 heterocycles. The van der Waals surface area contributed by atoms with E-state index in [0.717, 1.165) is 6.42 Å². The van der Waals surface area contributed by atoms with Crippen LogP contribution in [0.2, 0.25) is 0 Å². The average Bonchev–Trinajstić information content (AvgIpc) is 2.31. The molecule has 2 N–H and O–H groups in total. The largest absolute Gasteiger partial charge is 0.320 e. The first kappa shape index (κ1) is 9.56. The van der Waals surface area contributed by atoms with Crippen molar-refractivity contribution < 1.29 is 8.42 Å². The second kappa shape index (κ2) is 3.92. The Morgan fingerprint density at radius 2 is 2.17 bits per heavy atom. The maximum Gasteiger partial charge on any atom is 0.150 e. The zero-order valence-electron chi connectivity index (χ0n) is 6.91. The van der Waals surface area contributed by atoms with Gasteiger partial charge >= 0.3 is 0 Å². The van der Waals surface area contributed by atoms with Gasteiger partial charge in [0.2, 0.25) is 0 Å². The van der Waals surface area contributed by atoms with Gasteiger partial charge in [0.1, 0.15) is 0 Å². The molecule has 0 aromatic heterocycles. The zero-order valence-corrected chi connectivity index (χ0v) is 7.73. The van der Waals surface area contributed by atoms with Crippen LogP contribution in [0.4, 0.5) is 0 Å². The molecule has 1 aliphatic rings. The third-order valence-corrected chi connectivity index (χ3v) is 3.78. The predicted molar refractivity (Wildman–Crippen MR) is 48.2 cm³/mol. The minimum atomic E-state index is -2.73. The van der Waals surface area contributed by atoms with E-state index >= 15 is 0 Å². The molecule has 68 valence electrons. The molecule has 0 amide bonds. The van der Waals surface area contributed by atoms with Crippen molar-refractivity contribution in [3.63, 3.8) is 0 Å². The molecule has 0 aromatic carbocycles. The molecule has 1 rings (SSSR count). The summed E-state index contributed by atoms with van der Waals surface area (Å²) in [4.78, 5) is 0.